The molecule has 0 amide bonds. The average Bonchev–Trinajstić information content (AvgIpc) is 2.57. The second-order valence-electron chi connectivity index (χ2n) is 8.67. The van der Waals surface area contributed by atoms with E-state index in [1.165, 1.54) is 96.3 Å². The molecule has 0 aromatic carbocycles. The molecule has 0 aliphatic heterocycles. The van der Waals surface area contributed by atoms with Crippen LogP contribution in [0.15, 0.2) is 0 Å². The van der Waals surface area contributed by atoms with Crippen LogP contribution in [0.25, 0.3) is 0 Å². The van der Waals surface area contributed by atoms with E-state index in [9.17, 15) is 9.90 Å². The largest absolute Gasteiger partial charge is 0.481 e. The molecule has 0 aliphatic carbocycles. The highest BCUT2D eigenvalue weighted by Gasteiger charge is 2.33. The van der Waals surface area contributed by atoms with Crippen LogP contribution in [-0.2, 0) is 4.79 Å². The highest BCUT2D eigenvalue weighted by atomic mass is 16.4. The van der Waals surface area contributed by atoms with Gasteiger partial charge in [0.1, 0.15) is 0 Å². The Morgan fingerprint density at radius 3 is 1.36 bits per heavy atom. The summed E-state index contributed by atoms with van der Waals surface area (Å²) in [5.41, 5.74) is -0.587. The molecule has 0 saturated heterocycles. The summed E-state index contributed by atoms with van der Waals surface area (Å²) in [6.45, 7) is 8.06. The summed E-state index contributed by atoms with van der Waals surface area (Å²) in [5, 5.41) is 9.24. The van der Waals surface area contributed by atoms with Gasteiger partial charge in [0.2, 0.25) is 0 Å². The monoisotopic (exact) mass is 354 g/mol. The maximum absolute atomic E-state index is 11.2. The quantitative estimate of drug-likeness (QED) is 0.253. The predicted molar refractivity (Wildman–Crippen MR) is 110 cm³/mol. The van der Waals surface area contributed by atoms with E-state index in [2.05, 4.69) is 13.8 Å². The van der Waals surface area contributed by atoms with Crippen LogP contribution in [0.4, 0.5) is 0 Å². The van der Waals surface area contributed by atoms with Crippen molar-refractivity contribution < 1.29 is 9.90 Å². The maximum atomic E-state index is 11.2. The topological polar surface area (TPSA) is 37.3 Å². The lowest BCUT2D eigenvalue weighted by Gasteiger charge is -2.27. The minimum Gasteiger partial charge on any atom is -0.481 e. The lowest BCUT2D eigenvalue weighted by Crippen LogP contribution is -2.31. The van der Waals surface area contributed by atoms with Crippen molar-refractivity contribution in [1.82, 2.24) is 0 Å². The zero-order valence-corrected chi connectivity index (χ0v) is 17.7. The van der Waals surface area contributed by atoms with Gasteiger partial charge in [-0.25, -0.2) is 0 Å². The molecular weight excluding hydrogens is 308 g/mol. The normalized spacial score (nSPS) is 13.1. The second-order valence-corrected chi connectivity index (χ2v) is 8.67. The minimum absolute atomic E-state index is 0.256. The van der Waals surface area contributed by atoms with E-state index in [-0.39, 0.29) is 5.92 Å². The van der Waals surface area contributed by atoms with Crippen LogP contribution in [0.2, 0.25) is 0 Å². The summed E-state index contributed by atoms with van der Waals surface area (Å²) < 4.78 is 0. The molecule has 0 spiro atoms. The van der Waals surface area contributed by atoms with Gasteiger partial charge in [-0.05, 0) is 26.2 Å². The molecule has 0 aromatic rings. The maximum Gasteiger partial charge on any atom is 0.309 e. The van der Waals surface area contributed by atoms with E-state index in [1.54, 1.807) is 0 Å². The minimum atomic E-state index is -0.666. The molecule has 2 heteroatoms. The number of rotatable bonds is 18. The van der Waals surface area contributed by atoms with Crippen molar-refractivity contribution in [3.05, 3.63) is 0 Å². The fourth-order valence-electron chi connectivity index (χ4n) is 3.39. The van der Waals surface area contributed by atoms with E-state index < -0.39 is 11.4 Å². The zero-order valence-electron chi connectivity index (χ0n) is 17.7. The molecule has 0 aromatic heterocycles. The van der Waals surface area contributed by atoms with Crippen molar-refractivity contribution in [2.45, 2.75) is 130 Å². The molecule has 0 radical (unpaired) electrons. The third-order valence-corrected chi connectivity index (χ3v) is 6.02. The Labute approximate surface area is 158 Å². The number of hydrogen-bond acceptors (Lipinski definition) is 1. The summed E-state index contributed by atoms with van der Waals surface area (Å²) in [6.07, 6.45) is 21.7. The fraction of sp³-hybridized carbons (Fsp3) is 0.957. The molecular formula is C23H46O2. The first-order chi connectivity index (χ1) is 11.9. The summed E-state index contributed by atoms with van der Waals surface area (Å²) in [6, 6.07) is 0. The van der Waals surface area contributed by atoms with Gasteiger partial charge in [0.15, 0.2) is 0 Å². The molecule has 150 valence electrons. The van der Waals surface area contributed by atoms with E-state index in [1.807, 2.05) is 13.8 Å². The number of hydrogen-bond donors (Lipinski definition) is 1. The van der Waals surface area contributed by atoms with E-state index >= 15 is 0 Å². The first-order valence-electron chi connectivity index (χ1n) is 11.2. The van der Waals surface area contributed by atoms with E-state index in [4.69, 9.17) is 0 Å². The second kappa shape index (κ2) is 15.7. The Morgan fingerprint density at radius 1 is 0.720 bits per heavy atom. The number of aliphatic carboxylic acids is 1. The van der Waals surface area contributed by atoms with Gasteiger partial charge >= 0.3 is 5.97 Å². The van der Waals surface area contributed by atoms with Gasteiger partial charge in [0, 0.05) is 0 Å². The van der Waals surface area contributed by atoms with Crippen molar-refractivity contribution in [3.8, 4) is 0 Å². The van der Waals surface area contributed by atoms with Crippen LogP contribution in [0, 0.1) is 11.3 Å². The van der Waals surface area contributed by atoms with Gasteiger partial charge in [0.05, 0.1) is 5.41 Å². The smallest absolute Gasteiger partial charge is 0.309 e. The molecule has 0 fully saturated rings. The SMILES string of the molecule is CCCCCCCCCCCCCCCCCC(C)C(C)(C)C(=O)O. The molecule has 0 heterocycles. The van der Waals surface area contributed by atoms with Gasteiger partial charge in [0.25, 0.3) is 0 Å². The zero-order chi connectivity index (χ0) is 19.0. The van der Waals surface area contributed by atoms with Gasteiger partial charge < -0.3 is 5.11 Å². The Kier molecular flexibility index (Phi) is 15.4. The van der Waals surface area contributed by atoms with Gasteiger partial charge in [-0.1, -0.05) is 110 Å². The third-order valence-electron chi connectivity index (χ3n) is 6.02. The standard InChI is InChI=1S/C23H46O2/c1-5-6-7-8-9-10-11-12-13-14-15-16-17-18-19-20-21(2)23(3,4)22(24)25/h21H,5-20H2,1-4H3,(H,24,25). The molecule has 25 heavy (non-hydrogen) atoms. The van der Waals surface area contributed by atoms with Crippen molar-refractivity contribution in [1.29, 1.82) is 0 Å². The molecule has 1 N–H and O–H groups in total. The lowest BCUT2D eigenvalue weighted by atomic mass is 9.77. The molecule has 0 rings (SSSR count). The van der Waals surface area contributed by atoms with Crippen molar-refractivity contribution in [2.24, 2.45) is 11.3 Å². The van der Waals surface area contributed by atoms with Crippen LogP contribution < -0.4 is 0 Å². The van der Waals surface area contributed by atoms with Gasteiger partial charge in [-0.3, -0.25) is 4.79 Å². The first kappa shape index (κ1) is 24.5. The van der Waals surface area contributed by atoms with Crippen LogP contribution in [0.5, 0.6) is 0 Å². The van der Waals surface area contributed by atoms with Crippen LogP contribution in [0.3, 0.4) is 0 Å². The van der Waals surface area contributed by atoms with Gasteiger partial charge in [-0.2, -0.15) is 0 Å². The van der Waals surface area contributed by atoms with Crippen molar-refractivity contribution >= 4 is 5.97 Å². The van der Waals surface area contributed by atoms with Gasteiger partial charge in [-0.15, -0.1) is 0 Å². The number of carboxylic acid groups (broad SMARTS) is 1. The highest BCUT2D eigenvalue weighted by molar-refractivity contribution is 5.73. The molecule has 1 unspecified atom stereocenters. The first-order valence-corrected chi connectivity index (χ1v) is 11.2. The summed E-state index contributed by atoms with van der Waals surface area (Å²) >= 11 is 0. The average molecular weight is 355 g/mol. The summed E-state index contributed by atoms with van der Waals surface area (Å²) in [4.78, 5) is 11.2. The number of unbranched alkanes of at least 4 members (excludes halogenated alkanes) is 14. The highest BCUT2D eigenvalue weighted by Crippen LogP contribution is 2.31. The molecule has 1 atom stereocenters. The molecule has 0 aliphatic rings. The predicted octanol–water partition coefficient (Wildman–Crippen LogP) is 7.99. The van der Waals surface area contributed by atoms with E-state index in [0.717, 1.165) is 6.42 Å². The molecule has 0 bridgehead atoms. The fourth-order valence-corrected chi connectivity index (χ4v) is 3.39. The molecule has 0 saturated carbocycles. The summed E-state index contributed by atoms with van der Waals surface area (Å²) in [5.74, 6) is -0.409. The Bertz CT molecular complexity index is 309. The number of carbonyl (C=O) groups is 1. The Balaban J connectivity index is 3.28. The Morgan fingerprint density at radius 2 is 1.04 bits per heavy atom. The Hall–Kier alpha value is -0.530. The molecule has 2 nitrogen and oxygen atoms in total. The van der Waals surface area contributed by atoms with Crippen molar-refractivity contribution in [2.75, 3.05) is 0 Å². The third kappa shape index (κ3) is 13.3. The lowest BCUT2D eigenvalue weighted by molar-refractivity contribution is -0.149. The van der Waals surface area contributed by atoms with Crippen LogP contribution in [0.1, 0.15) is 130 Å². The van der Waals surface area contributed by atoms with Crippen LogP contribution in [-0.4, -0.2) is 11.1 Å². The van der Waals surface area contributed by atoms with Crippen molar-refractivity contribution in [3.63, 3.8) is 0 Å². The number of carboxylic acids is 1. The summed E-state index contributed by atoms with van der Waals surface area (Å²) in [7, 11) is 0. The van der Waals surface area contributed by atoms with E-state index in [0.29, 0.717) is 0 Å². The van der Waals surface area contributed by atoms with Crippen LogP contribution >= 0.6 is 0 Å².